The van der Waals surface area contributed by atoms with Crippen LogP contribution in [0, 0.1) is 37.1 Å². The average Bonchev–Trinajstić information content (AvgIpc) is 2.77. The molecule has 0 saturated carbocycles. The molecule has 0 amide bonds. The number of benzene rings is 3. The van der Waals surface area contributed by atoms with E-state index in [1.54, 1.807) is 26.0 Å². The maximum atomic E-state index is 13.7. The topological polar surface area (TPSA) is 77.0 Å². The van der Waals surface area contributed by atoms with E-state index in [9.17, 15) is 26.0 Å². The molecule has 0 spiro atoms. The number of methoxy groups -OCH3 is 1. The molecule has 174 valence electrons. The Morgan fingerprint density at radius 2 is 1.58 bits per heavy atom. The van der Waals surface area contributed by atoms with E-state index < -0.39 is 39.1 Å². The first-order valence-corrected chi connectivity index (χ1v) is 10.8. The van der Waals surface area contributed by atoms with Gasteiger partial charge in [-0.1, -0.05) is 12.1 Å². The number of nitrogens with zero attached hydrogens (tertiary/aromatic N) is 1. The molecule has 0 atom stereocenters. The van der Waals surface area contributed by atoms with E-state index in [0.717, 1.165) is 11.8 Å². The first-order chi connectivity index (χ1) is 15.5. The molecule has 0 bridgehead atoms. The van der Waals surface area contributed by atoms with Crippen LogP contribution in [0.15, 0.2) is 52.5 Å². The predicted octanol–water partition coefficient (Wildman–Crippen LogP) is 5.08. The van der Waals surface area contributed by atoms with Gasteiger partial charge in [0.05, 0.1) is 13.3 Å². The summed E-state index contributed by atoms with van der Waals surface area (Å²) in [5.74, 6) is -6.51. The Morgan fingerprint density at radius 1 is 0.909 bits per heavy atom. The first-order valence-electron chi connectivity index (χ1n) is 9.35. The fraction of sp³-hybridized carbons (Fsp3) is 0.136. The van der Waals surface area contributed by atoms with Gasteiger partial charge >= 0.3 is 10.1 Å². The highest BCUT2D eigenvalue weighted by Crippen LogP contribution is 2.31. The molecule has 3 aromatic carbocycles. The maximum Gasteiger partial charge on any atom is 0.339 e. The Hall–Kier alpha value is -3.60. The molecule has 0 unspecified atom stereocenters. The van der Waals surface area contributed by atoms with Crippen molar-refractivity contribution in [1.29, 1.82) is 0 Å². The molecule has 0 aliphatic heterocycles. The Kier molecular flexibility index (Phi) is 6.92. The number of halogens is 4. The van der Waals surface area contributed by atoms with Crippen molar-refractivity contribution < 1.29 is 34.9 Å². The third-order valence-electron chi connectivity index (χ3n) is 4.50. The molecular formula is C22H18F4N2O4S. The second-order valence-electron chi connectivity index (χ2n) is 6.93. The van der Waals surface area contributed by atoms with Crippen molar-refractivity contribution in [1.82, 2.24) is 0 Å². The van der Waals surface area contributed by atoms with E-state index in [1.807, 2.05) is 5.43 Å². The summed E-state index contributed by atoms with van der Waals surface area (Å²) in [6.45, 7) is 3.38. The molecule has 0 radical (unpaired) electrons. The molecule has 0 aliphatic carbocycles. The monoisotopic (exact) mass is 482 g/mol. The molecule has 3 rings (SSSR count). The number of rotatable bonds is 7. The highest BCUT2D eigenvalue weighted by molar-refractivity contribution is 7.87. The molecule has 0 aromatic heterocycles. The van der Waals surface area contributed by atoms with Crippen LogP contribution >= 0.6 is 0 Å². The Bertz CT molecular complexity index is 1320. The van der Waals surface area contributed by atoms with Crippen LogP contribution in [0.25, 0.3) is 0 Å². The number of hydrazone groups is 1. The molecule has 0 heterocycles. The van der Waals surface area contributed by atoms with Gasteiger partial charge in [-0.05, 0) is 54.8 Å². The highest BCUT2D eigenvalue weighted by atomic mass is 32.2. The minimum absolute atomic E-state index is 0.00534. The van der Waals surface area contributed by atoms with Crippen molar-refractivity contribution in [3.05, 3.63) is 82.4 Å². The minimum Gasteiger partial charge on any atom is -0.493 e. The normalized spacial score (nSPS) is 11.6. The smallest absolute Gasteiger partial charge is 0.339 e. The van der Waals surface area contributed by atoms with Gasteiger partial charge in [0.25, 0.3) is 0 Å². The Balaban J connectivity index is 1.84. The number of hydrogen-bond acceptors (Lipinski definition) is 6. The fourth-order valence-corrected chi connectivity index (χ4v) is 4.07. The van der Waals surface area contributed by atoms with Gasteiger partial charge in [-0.3, -0.25) is 5.43 Å². The fourth-order valence-electron chi connectivity index (χ4n) is 2.82. The van der Waals surface area contributed by atoms with E-state index in [2.05, 4.69) is 5.10 Å². The summed E-state index contributed by atoms with van der Waals surface area (Å²) < 4.78 is 89.7. The van der Waals surface area contributed by atoms with Crippen molar-refractivity contribution in [2.75, 3.05) is 12.5 Å². The summed E-state index contributed by atoms with van der Waals surface area (Å²) in [6, 6.07) is 9.02. The summed E-state index contributed by atoms with van der Waals surface area (Å²) in [5, 5.41) is 3.56. The summed E-state index contributed by atoms with van der Waals surface area (Å²) in [6.07, 6.45) is 1.08. The number of aryl methyl sites for hydroxylation is 2. The molecule has 0 aliphatic rings. The van der Waals surface area contributed by atoms with Gasteiger partial charge in [0.15, 0.2) is 34.8 Å². The molecule has 11 heteroatoms. The summed E-state index contributed by atoms with van der Waals surface area (Å²) in [4.78, 5) is 0.00534. The van der Waals surface area contributed by atoms with Gasteiger partial charge < -0.3 is 8.92 Å². The van der Waals surface area contributed by atoms with Crippen LogP contribution in [0.2, 0.25) is 0 Å². The molecule has 1 N–H and O–H groups in total. The Morgan fingerprint density at radius 3 is 2.21 bits per heavy atom. The van der Waals surface area contributed by atoms with Crippen LogP contribution in [-0.4, -0.2) is 21.7 Å². The maximum absolute atomic E-state index is 13.7. The third-order valence-corrected chi connectivity index (χ3v) is 5.88. The van der Waals surface area contributed by atoms with Crippen molar-refractivity contribution in [2.24, 2.45) is 5.10 Å². The van der Waals surface area contributed by atoms with Gasteiger partial charge in [-0.15, -0.1) is 0 Å². The number of anilines is 1. The van der Waals surface area contributed by atoms with Crippen LogP contribution in [0.1, 0.15) is 16.7 Å². The lowest BCUT2D eigenvalue weighted by atomic mass is 10.2. The van der Waals surface area contributed by atoms with Crippen molar-refractivity contribution >= 4 is 22.0 Å². The largest absolute Gasteiger partial charge is 0.493 e. The zero-order valence-electron chi connectivity index (χ0n) is 17.6. The lowest BCUT2D eigenvalue weighted by Gasteiger charge is -2.13. The average molecular weight is 482 g/mol. The highest BCUT2D eigenvalue weighted by Gasteiger charge is 2.22. The summed E-state index contributed by atoms with van der Waals surface area (Å²) in [5.41, 5.74) is 2.34. The van der Waals surface area contributed by atoms with Gasteiger partial charge in [-0.2, -0.15) is 13.5 Å². The third kappa shape index (κ3) is 5.25. The van der Waals surface area contributed by atoms with E-state index in [4.69, 9.17) is 8.92 Å². The lowest BCUT2D eigenvalue weighted by molar-refractivity contribution is 0.390. The zero-order chi connectivity index (χ0) is 24.3. The van der Waals surface area contributed by atoms with Crippen molar-refractivity contribution in [3.63, 3.8) is 0 Å². The molecular weight excluding hydrogens is 464 g/mol. The zero-order valence-corrected chi connectivity index (χ0v) is 18.4. The summed E-state index contributed by atoms with van der Waals surface area (Å²) in [7, 11) is -2.88. The van der Waals surface area contributed by atoms with Gasteiger partial charge in [0.1, 0.15) is 10.6 Å². The van der Waals surface area contributed by atoms with E-state index in [0.29, 0.717) is 11.1 Å². The second kappa shape index (κ2) is 9.49. The van der Waals surface area contributed by atoms with Gasteiger partial charge in [0.2, 0.25) is 0 Å². The quantitative estimate of drug-likeness (QED) is 0.167. The molecule has 6 nitrogen and oxygen atoms in total. The first kappa shape index (κ1) is 24.1. The molecule has 33 heavy (non-hydrogen) atoms. The Labute approximate surface area is 187 Å². The van der Waals surface area contributed by atoms with E-state index >= 15 is 0 Å². The van der Waals surface area contributed by atoms with Crippen LogP contribution in [0.5, 0.6) is 11.5 Å². The van der Waals surface area contributed by atoms with E-state index in [1.165, 1.54) is 31.4 Å². The van der Waals surface area contributed by atoms with Gasteiger partial charge in [-0.25, -0.2) is 17.6 Å². The van der Waals surface area contributed by atoms with Gasteiger partial charge in [0, 0.05) is 6.07 Å². The van der Waals surface area contributed by atoms with E-state index in [-0.39, 0.29) is 22.5 Å². The van der Waals surface area contributed by atoms with Crippen LogP contribution in [-0.2, 0) is 10.1 Å². The predicted molar refractivity (Wildman–Crippen MR) is 114 cm³/mol. The molecule has 0 fully saturated rings. The molecule has 3 aromatic rings. The van der Waals surface area contributed by atoms with Crippen molar-refractivity contribution in [3.8, 4) is 11.5 Å². The minimum atomic E-state index is -4.16. The second-order valence-corrected chi connectivity index (χ2v) is 8.44. The van der Waals surface area contributed by atoms with Crippen LogP contribution in [0.4, 0.5) is 23.2 Å². The summed E-state index contributed by atoms with van der Waals surface area (Å²) >= 11 is 0. The lowest BCUT2D eigenvalue weighted by Crippen LogP contribution is -2.12. The molecule has 0 saturated heterocycles. The number of nitrogens with one attached hydrogen (secondary N) is 1. The SMILES string of the molecule is COc1cc(C=NNc2c(F)c(F)cc(F)c2F)ccc1OS(=O)(=O)c1cc(C)ccc1C. The number of hydrogen-bond donors (Lipinski definition) is 1. The number of ether oxygens (including phenoxy) is 1. The van der Waals surface area contributed by atoms with Crippen molar-refractivity contribution in [2.45, 2.75) is 18.7 Å². The standard InChI is InChI=1S/C22H18F4N2O4S/c1-12-4-5-13(2)19(8-12)33(29,30)32-17-7-6-14(9-18(17)31-3)11-27-28-22-20(25)15(23)10-16(24)21(22)26/h4-11,28H,1-3H3. The van der Waals surface area contributed by atoms with Crippen LogP contribution < -0.4 is 14.3 Å². The van der Waals surface area contributed by atoms with Crippen LogP contribution in [0.3, 0.4) is 0 Å².